The topological polar surface area (TPSA) is 12.5 Å². The van der Waals surface area contributed by atoms with Crippen LogP contribution in [0.5, 0.6) is 11.5 Å². The Morgan fingerprint density at radius 3 is 1.28 bits per heavy atom. The lowest BCUT2D eigenvalue weighted by molar-refractivity contribution is 0.447. The fourth-order valence-corrected chi connectivity index (χ4v) is 13.8. The molecule has 0 bridgehead atoms. The van der Waals surface area contributed by atoms with Crippen LogP contribution in [0.4, 0.5) is 17.1 Å². The van der Waals surface area contributed by atoms with Gasteiger partial charge in [-0.1, -0.05) is 231 Å². The number of hydrogen-bond donors (Lipinski definition) is 0. The Balaban J connectivity index is 0.897. The van der Waals surface area contributed by atoms with Crippen molar-refractivity contribution < 1.29 is 4.74 Å². The van der Waals surface area contributed by atoms with Crippen LogP contribution in [-0.2, 0) is 10.8 Å². The molecule has 0 amide bonds. The Hall–Kier alpha value is -9.24. The molecule has 12 aromatic carbocycles. The van der Waals surface area contributed by atoms with Crippen LogP contribution in [0.1, 0.15) is 44.5 Å². The molecule has 4 aliphatic rings. The molecule has 16 rings (SSSR count). The van der Waals surface area contributed by atoms with Gasteiger partial charge in [0, 0.05) is 38.8 Å². The minimum atomic E-state index is -0.620. The van der Waals surface area contributed by atoms with Gasteiger partial charge in [-0.05, 0) is 113 Å². The minimum Gasteiger partial charge on any atom is -0.455 e. The Kier molecular flexibility index (Phi) is 8.05. The van der Waals surface area contributed by atoms with Gasteiger partial charge >= 0.3 is 0 Å². The zero-order valence-electron chi connectivity index (χ0n) is 39.2. The van der Waals surface area contributed by atoms with Gasteiger partial charge in [0.15, 0.2) is 0 Å². The van der Waals surface area contributed by atoms with Crippen molar-refractivity contribution in [2.45, 2.75) is 10.8 Å². The van der Waals surface area contributed by atoms with E-state index in [1.54, 1.807) is 0 Å². The Morgan fingerprint density at radius 1 is 0.264 bits per heavy atom. The van der Waals surface area contributed by atoms with Crippen LogP contribution in [0, 0.1) is 0 Å². The number of hydrogen-bond acceptors (Lipinski definition) is 2. The predicted octanol–water partition coefficient (Wildman–Crippen LogP) is 17.9. The van der Waals surface area contributed by atoms with Crippen LogP contribution in [0.2, 0.25) is 0 Å². The van der Waals surface area contributed by atoms with Crippen molar-refractivity contribution in [1.82, 2.24) is 0 Å². The van der Waals surface area contributed by atoms with E-state index in [2.05, 4.69) is 266 Å². The Morgan fingerprint density at radius 2 is 0.681 bits per heavy atom. The maximum Gasteiger partial charge on any atom is 0.140 e. The van der Waals surface area contributed by atoms with Crippen molar-refractivity contribution in [2.75, 3.05) is 4.90 Å². The maximum atomic E-state index is 7.25. The van der Waals surface area contributed by atoms with Gasteiger partial charge in [0.25, 0.3) is 0 Å². The minimum absolute atomic E-state index is 0.436. The SMILES string of the molecule is c1ccc(N(c2ccc(-c3cccc4c3-c3ccccc3C43c4ccc5ccccc5c4Oc4c3ccc3ccccc43)cc2)c2cccc3c2-c2ccccc2C32c3ccccc3-c3ccccc32)cc1. The van der Waals surface area contributed by atoms with Gasteiger partial charge in [-0.3, -0.25) is 0 Å². The normalized spacial score (nSPS) is 14.2. The third kappa shape index (κ3) is 4.98. The summed E-state index contributed by atoms with van der Waals surface area (Å²) in [6.07, 6.45) is 0. The van der Waals surface area contributed by atoms with E-state index in [0.29, 0.717) is 0 Å². The summed E-state index contributed by atoms with van der Waals surface area (Å²) in [5, 5.41) is 4.57. The average Bonchev–Trinajstić information content (AvgIpc) is 4.04. The van der Waals surface area contributed by atoms with Gasteiger partial charge in [-0.25, -0.2) is 0 Å². The summed E-state index contributed by atoms with van der Waals surface area (Å²) in [4.78, 5) is 2.47. The van der Waals surface area contributed by atoms with E-state index in [0.717, 1.165) is 39.3 Å². The third-order valence-corrected chi connectivity index (χ3v) is 16.5. The number of nitrogens with zero attached hydrogens (tertiary/aromatic N) is 1. The molecular formula is C70H43NO. The van der Waals surface area contributed by atoms with E-state index in [-0.39, 0.29) is 0 Å². The van der Waals surface area contributed by atoms with Gasteiger partial charge in [0.1, 0.15) is 11.5 Å². The largest absolute Gasteiger partial charge is 0.455 e. The number of ether oxygens (including phenoxy) is 1. The summed E-state index contributed by atoms with van der Waals surface area (Å²) in [7, 11) is 0. The highest BCUT2D eigenvalue weighted by atomic mass is 16.5. The van der Waals surface area contributed by atoms with E-state index < -0.39 is 10.8 Å². The first-order chi connectivity index (χ1) is 35.7. The number of rotatable bonds is 4. The van der Waals surface area contributed by atoms with E-state index >= 15 is 0 Å². The Labute approximate surface area is 418 Å². The fraction of sp³-hybridized carbons (Fsp3) is 0.0286. The highest BCUT2D eigenvalue weighted by Crippen LogP contribution is 2.67. The first kappa shape index (κ1) is 39.6. The molecule has 0 saturated heterocycles. The Bertz CT molecular complexity index is 4130. The molecule has 0 unspecified atom stereocenters. The molecule has 0 radical (unpaired) electrons. The van der Waals surface area contributed by atoms with E-state index in [1.165, 1.54) is 99.8 Å². The van der Waals surface area contributed by atoms with E-state index in [1.807, 2.05) is 0 Å². The van der Waals surface area contributed by atoms with Crippen molar-refractivity contribution in [3.8, 4) is 56.0 Å². The number of anilines is 3. The van der Waals surface area contributed by atoms with Crippen molar-refractivity contribution in [3.05, 3.63) is 305 Å². The summed E-state index contributed by atoms with van der Waals surface area (Å²) in [5.41, 5.74) is 22.6. The molecule has 0 fully saturated rings. The third-order valence-electron chi connectivity index (χ3n) is 16.5. The smallest absolute Gasteiger partial charge is 0.140 e. The molecule has 12 aromatic rings. The molecule has 0 atom stereocenters. The molecule has 2 spiro atoms. The molecule has 0 aromatic heterocycles. The average molecular weight is 914 g/mol. The molecular weight excluding hydrogens is 871 g/mol. The molecule has 334 valence electrons. The molecule has 72 heavy (non-hydrogen) atoms. The van der Waals surface area contributed by atoms with Crippen LogP contribution < -0.4 is 9.64 Å². The molecule has 2 heteroatoms. The summed E-state index contributed by atoms with van der Waals surface area (Å²) < 4.78 is 7.25. The van der Waals surface area contributed by atoms with Crippen molar-refractivity contribution >= 4 is 38.6 Å². The zero-order chi connectivity index (χ0) is 47.1. The lowest BCUT2D eigenvalue weighted by Crippen LogP contribution is -2.32. The van der Waals surface area contributed by atoms with Gasteiger partial charge in [-0.15, -0.1) is 0 Å². The van der Waals surface area contributed by atoms with Gasteiger partial charge in [0.05, 0.1) is 16.5 Å². The molecule has 2 nitrogen and oxygen atoms in total. The predicted molar refractivity (Wildman–Crippen MR) is 295 cm³/mol. The fourth-order valence-electron chi connectivity index (χ4n) is 13.8. The van der Waals surface area contributed by atoms with Crippen LogP contribution in [-0.4, -0.2) is 0 Å². The second kappa shape index (κ2) is 14.6. The van der Waals surface area contributed by atoms with Gasteiger partial charge in [0.2, 0.25) is 0 Å². The first-order valence-corrected chi connectivity index (χ1v) is 25.1. The number of fused-ring (bicyclic) bond motifs is 23. The van der Waals surface area contributed by atoms with Crippen molar-refractivity contribution in [3.63, 3.8) is 0 Å². The monoisotopic (exact) mass is 913 g/mol. The highest BCUT2D eigenvalue weighted by molar-refractivity contribution is 6.04. The summed E-state index contributed by atoms with van der Waals surface area (Å²) >= 11 is 0. The molecule has 1 heterocycles. The molecule has 0 N–H and O–H groups in total. The molecule has 0 saturated carbocycles. The second-order valence-electron chi connectivity index (χ2n) is 19.8. The molecule has 3 aliphatic carbocycles. The highest BCUT2D eigenvalue weighted by Gasteiger charge is 2.54. The van der Waals surface area contributed by atoms with Crippen molar-refractivity contribution in [1.29, 1.82) is 0 Å². The standard InChI is InChI=1S/C70H43NO/c1-2-20-47(21-3-1)71(64-35-17-34-61-66(64)55-27-11-15-32-59(55)69(61)56-29-12-8-24-52(56)53-25-9-13-30-57(53)69)48-40-36-46(37-41-48)49-28-16-33-60-65(49)54-26-10-14-31-58(54)70(60)62-42-38-44-18-4-6-22-50(44)67(62)72-68-51-23-7-5-19-45(51)39-43-63(68)70/h1-43H. The lowest BCUT2D eigenvalue weighted by Gasteiger charge is -2.40. The van der Waals surface area contributed by atoms with Gasteiger partial charge < -0.3 is 9.64 Å². The van der Waals surface area contributed by atoms with E-state index in [9.17, 15) is 0 Å². The quantitative estimate of drug-likeness (QED) is 0.174. The summed E-state index contributed by atoms with van der Waals surface area (Å²) in [5.74, 6) is 1.86. The summed E-state index contributed by atoms with van der Waals surface area (Å²) in [6, 6.07) is 96.9. The van der Waals surface area contributed by atoms with Crippen LogP contribution in [0.3, 0.4) is 0 Å². The molecule has 1 aliphatic heterocycles. The first-order valence-electron chi connectivity index (χ1n) is 25.1. The zero-order valence-corrected chi connectivity index (χ0v) is 39.2. The number of benzene rings is 12. The number of para-hydroxylation sites is 1. The maximum absolute atomic E-state index is 7.25. The van der Waals surface area contributed by atoms with Gasteiger partial charge in [-0.2, -0.15) is 0 Å². The van der Waals surface area contributed by atoms with Crippen LogP contribution >= 0.6 is 0 Å². The van der Waals surface area contributed by atoms with E-state index in [4.69, 9.17) is 4.74 Å². The van der Waals surface area contributed by atoms with Crippen LogP contribution in [0.25, 0.3) is 66.1 Å². The van der Waals surface area contributed by atoms with Crippen LogP contribution in [0.15, 0.2) is 261 Å². The lowest BCUT2D eigenvalue weighted by atomic mass is 9.65. The van der Waals surface area contributed by atoms with Crippen molar-refractivity contribution in [2.24, 2.45) is 0 Å². The second-order valence-corrected chi connectivity index (χ2v) is 19.8. The summed E-state index contributed by atoms with van der Waals surface area (Å²) in [6.45, 7) is 0.